The van der Waals surface area contributed by atoms with Crippen LogP contribution in [0.3, 0.4) is 0 Å². The smallest absolute Gasteiger partial charge is 1.00 e. The van der Waals surface area contributed by atoms with Gasteiger partial charge in [0.1, 0.15) is 0 Å². The summed E-state index contributed by atoms with van der Waals surface area (Å²) in [5.74, 6) is -0.903. The second-order valence-corrected chi connectivity index (χ2v) is 6.07. The summed E-state index contributed by atoms with van der Waals surface area (Å²) in [7, 11) is 0. The third-order valence-corrected chi connectivity index (χ3v) is 3.98. The first-order valence-corrected chi connectivity index (χ1v) is 8.97. The Hall–Kier alpha value is 1.02. The predicted molar refractivity (Wildman–Crippen MR) is 90.3 cm³/mol. The molecule has 0 aromatic rings. The normalized spacial score (nSPS) is 9.86. The Balaban J connectivity index is -0.00000180. The molecule has 0 aliphatic carbocycles. The molecule has 0 saturated carbocycles. The molecule has 0 unspecified atom stereocenters. The molecule has 22 heavy (non-hydrogen) atoms. The molecule has 0 atom stereocenters. The third kappa shape index (κ3) is 25.9. The second kappa shape index (κ2) is 24.3. The molecule has 0 aliphatic heterocycles. The van der Waals surface area contributed by atoms with Crippen LogP contribution in [0, 0.1) is 0 Å². The van der Waals surface area contributed by atoms with Gasteiger partial charge < -0.3 is 22.3 Å². The van der Waals surface area contributed by atoms with Gasteiger partial charge in [0.2, 0.25) is 0 Å². The van der Waals surface area contributed by atoms with E-state index in [1.807, 2.05) is 0 Å². The molecule has 0 bridgehead atoms. The summed E-state index contributed by atoms with van der Waals surface area (Å²) in [4.78, 5) is 10.2. The Bertz CT molecular complexity index is 213. The van der Waals surface area contributed by atoms with Crippen molar-refractivity contribution in [3.8, 4) is 0 Å². The Kier molecular flexibility index (Phi) is 30.7. The van der Waals surface area contributed by atoms with E-state index in [9.17, 15) is 9.90 Å². The first kappa shape index (κ1) is 27.8. The van der Waals surface area contributed by atoms with Crippen molar-refractivity contribution in [2.24, 2.45) is 0 Å². The van der Waals surface area contributed by atoms with Crippen molar-refractivity contribution >= 4 is 43.7 Å². The minimum atomic E-state index is -0.903. The Morgan fingerprint density at radius 3 is 1.18 bits per heavy atom. The van der Waals surface area contributed by atoms with E-state index in [-0.39, 0.29) is 56.6 Å². The van der Waals surface area contributed by atoms with Gasteiger partial charge in [-0.15, -0.1) is 0 Å². The van der Waals surface area contributed by atoms with Crippen molar-refractivity contribution < 1.29 is 22.3 Å². The van der Waals surface area contributed by atoms with Crippen LogP contribution in [0.15, 0.2) is 0 Å². The van der Waals surface area contributed by atoms with E-state index in [1.54, 1.807) is 0 Å². The molecule has 0 N–H and O–H groups in total. The molecule has 0 radical (unpaired) electrons. The number of aliphatic carboxylic acids is 1. The Labute approximate surface area is 174 Å². The zero-order valence-corrected chi connectivity index (χ0v) is 17.7. The number of carboxylic acids is 1. The van der Waals surface area contributed by atoms with Crippen LogP contribution in [0.5, 0.6) is 0 Å². The molecule has 0 heterocycles. The van der Waals surface area contributed by atoms with E-state index in [0.29, 0.717) is 0 Å². The predicted octanol–water partition coefficient (Wildman–Crippen LogP) is 1.62. The maximum Gasteiger partial charge on any atom is 2.00 e. The van der Waals surface area contributed by atoms with E-state index in [1.165, 1.54) is 83.5 Å². The van der Waals surface area contributed by atoms with Gasteiger partial charge in [-0.05, 0) is 12.8 Å². The van der Waals surface area contributed by atoms with Crippen molar-refractivity contribution in [3.05, 3.63) is 0 Å². The molecule has 0 spiro atoms. The Morgan fingerprint density at radius 2 is 0.909 bits per heavy atom. The fraction of sp³-hybridized carbons (Fsp3) is 0.944. The number of halogens is 1. The van der Waals surface area contributed by atoms with Gasteiger partial charge in [0.25, 0.3) is 0 Å². The van der Waals surface area contributed by atoms with Gasteiger partial charge >= 0.3 is 37.7 Å². The molecular weight excluding hydrogens is 324 g/mol. The molecular formula is C18H35CaClO2. The van der Waals surface area contributed by atoms with Crippen molar-refractivity contribution in [2.75, 3.05) is 0 Å². The maximum atomic E-state index is 10.2. The summed E-state index contributed by atoms with van der Waals surface area (Å²) in [6.07, 6.45) is 19.9. The molecule has 0 aliphatic rings. The standard InChI is InChI=1S/C18H36O2.Ca.ClH/c1-2-3-4-5-6-7-8-9-10-11-12-13-14-15-16-17-18(19)20;;/h2-17H2,1H3,(H,19,20);;1H/q;+2;/p-2. The molecule has 4 heteroatoms. The Morgan fingerprint density at radius 1 is 0.636 bits per heavy atom. The van der Waals surface area contributed by atoms with E-state index < -0.39 is 5.97 Å². The second-order valence-electron chi connectivity index (χ2n) is 6.07. The first-order chi connectivity index (χ1) is 9.77. The SMILES string of the molecule is CCCCCCCCCCCCCCCCCC(=O)[O-].[Ca+2].[Cl-]. The number of carbonyl (C=O) groups excluding carboxylic acids is 1. The van der Waals surface area contributed by atoms with Crippen LogP contribution in [-0.4, -0.2) is 43.7 Å². The molecule has 0 saturated heterocycles. The van der Waals surface area contributed by atoms with E-state index >= 15 is 0 Å². The van der Waals surface area contributed by atoms with Crippen LogP contribution in [0.4, 0.5) is 0 Å². The molecule has 0 aromatic heterocycles. The van der Waals surface area contributed by atoms with Gasteiger partial charge in [-0.25, -0.2) is 0 Å². The van der Waals surface area contributed by atoms with E-state index in [2.05, 4.69) is 6.92 Å². The van der Waals surface area contributed by atoms with Crippen LogP contribution >= 0.6 is 0 Å². The minimum Gasteiger partial charge on any atom is -1.00 e. The molecule has 128 valence electrons. The quantitative estimate of drug-likeness (QED) is 0.311. The van der Waals surface area contributed by atoms with Crippen molar-refractivity contribution in [2.45, 2.75) is 110 Å². The molecule has 2 nitrogen and oxygen atoms in total. The fourth-order valence-electron chi connectivity index (χ4n) is 2.64. The van der Waals surface area contributed by atoms with Crippen molar-refractivity contribution in [1.82, 2.24) is 0 Å². The van der Waals surface area contributed by atoms with Crippen LogP contribution in [-0.2, 0) is 4.79 Å². The summed E-state index contributed by atoms with van der Waals surface area (Å²) >= 11 is 0. The van der Waals surface area contributed by atoms with Gasteiger partial charge in [0.15, 0.2) is 0 Å². The summed E-state index contributed by atoms with van der Waals surface area (Å²) < 4.78 is 0. The topological polar surface area (TPSA) is 40.1 Å². The number of hydrogen-bond donors (Lipinski definition) is 0. The minimum absolute atomic E-state index is 0. The summed E-state index contributed by atoms with van der Waals surface area (Å²) in [6.45, 7) is 2.27. The van der Waals surface area contributed by atoms with Crippen molar-refractivity contribution in [3.63, 3.8) is 0 Å². The largest absolute Gasteiger partial charge is 2.00 e. The zero-order chi connectivity index (χ0) is 14.9. The summed E-state index contributed by atoms with van der Waals surface area (Å²) in [6, 6.07) is 0. The van der Waals surface area contributed by atoms with Crippen molar-refractivity contribution in [1.29, 1.82) is 0 Å². The summed E-state index contributed by atoms with van der Waals surface area (Å²) in [5.41, 5.74) is 0. The first-order valence-electron chi connectivity index (χ1n) is 8.97. The third-order valence-electron chi connectivity index (χ3n) is 3.98. The van der Waals surface area contributed by atoms with Gasteiger partial charge in [0, 0.05) is 5.97 Å². The van der Waals surface area contributed by atoms with Crippen LogP contribution in [0.2, 0.25) is 0 Å². The number of unbranched alkanes of at least 4 members (excludes halogenated alkanes) is 14. The maximum absolute atomic E-state index is 10.2. The number of hydrogen-bond acceptors (Lipinski definition) is 2. The fourth-order valence-corrected chi connectivity index (χ4v) is 2.64. The van der Waals surface area contributed by atoms with Crippen LogP contribution in [0.1, 0.15) is 110 Å². The van der Waals surface area contributed by atoms with Gasteiger partial charge in [-0.2, -0.15) is 0 Å². The monoisotopic (exact) mass is 358 g/mol. The van der Waals surface area contributed by atoms with E-state index in [0.717, 1.165) is 12.8 Å². The molecule has 0 aromatic carbocycles. The van der Waals surface area contributed by atoms with E-state index in [4.69, 9.17) is 0 Å². The summed E-state index contributed by atoms with van der Waals surface area (Å²) in [5, 5.41) is 10.2. The number of carboxylic acid groups (broad SMARTS) is 1. The van der Waals surface area contributed by atoms with Crippen LogP contribution < -0.4 is 17.5 Å². The molecule has 0 rings (SSSR count). The van der Waals surface area contributed by atoms with Gasteiger partial charge in [-0.1, -0.05) is 96.8 Å². The number of carbonyl (C=O) groups is 1. The number of rotatable bonds is 16. The average Bonchev–Trinajstić information content (AvgIpc) is 2.43. The zero-order valence-electron chi connectivity index (χ0n) is 14.7. The van der Waals surface area contributed by atoms with Gasteiger partial charge in [-0.3, -0.25) is 0 Å². The van der Waals surface area contributed by atoms with Gasteiger partial charge in [0.05, 0.1) is 0 Å². The molecule has 0 amide bonds. The average molecular weight is 359 g/mol. The molecule has 0 fully saturated rings. The van der Waals surface area contributed by atoms with Crippen LogP contribution in [0.25, 0.3) is 0 Å².